The van der Waals surface area contributed by atoms with Crippen molar-refractivity contribution < 1.29 is 0 Å². The molecule has 10 aromatic carbocycles. The van der Waals surface area contributed by atoms with Gasteiger partial charge in [-0.05, 0) is 112 Å². The minimum absolute atomic E-state index is 1.17. The molecule has 0 saturated carbocycles. The normalized spacial score (nSPS) is 12.0. The number of aromatic nitrogens is 1. The third-order valence-corrected chi connectivity index (χ3v) is 11.9. The van der Waals surface area contributed by atoms with Crippen molar-refractivity contribution in [1.29, 1.82) is 0 Å². The molecule has 1 heterocycles. The molecule has 1 aliphatic rings. The molecule has 1 aromatic heterocycles. The van der Waals surface area contributed by atoms with E-state index in [1.165, 1.54) is 115 Å². The van der Waals surface area contributed by atoms with E-state index in [4.69, 9.17) is 0 Å². The minimum Gasteiger partial charge on any atom is -0.309 e. The minimum atomic E-state index is 1.17. The highest BCUT2D eigenvalue weighted by Crippen LogP contribution is 2.51. The van der Waals surface area contributed by atoms with Gasteiger partial charge < -0.3 is 4.57 Å². The first-order valence-corrected chi connectivity index (χ1v) is 19.1. The van der Waals surface area contributed by atoms with Crippen LogP contribution in [0.2, 0.25) is 0 Å². The molecule has 12 rings (SSSR count). The van der Waals surface area contributed by atoms with E-state index < -0.39 is 0 Å². The Hall–Kier alpha value is -7.22. The Morgan fingerprint density at radius 1 is 0.255 bits per heavy atom. The highest BCUT2D eigenvalue weighted by Gasteiger charge is 2.24. The summed E-state index contributed by atoms with van der Waals surface area (Å²) in [7, 11) is 0. The molecule has 254 valence electrons. The van der Waals surface area contributed by atoms with Gasteiger partial charge in [-0.25, -0.2) is 0 Å². The van der Waals surface area contributed by atoms with Crippen LogP contribution in [-0.2, 0) is 0 Å². The molecule has 0 spiro atoms. The van der Waals surface area contributed by atoms with Crippen LogP contribution < -0.4 is 0 Å². The van der Waals surface area contributed by atoms with Gasteiger partial charge >= 0.3 is 0 Å². The zero-order valence-electron chi connectivity index (χ0n) is 30.0. The lowest BCUT2D eigenvalue weighted by Crippen LogP contribution is -1.94. The standard InChI is InChI=1S/C54H33N/c1-2-15-35(16-3-1)55-50-28-13-12-21-40(50)41-30-29-34(33-51(41)55)52-43-22-8-10-24-45(43)54(46-25-11-9-23-44(46)52)49-32-31-48-39-20-7-5-18-37(39)36-17-4-6-19-38(36)42-26-14-27-47(49)53(42)48/h1-33H. The number of para-hydroxylation sites is 2. The molecule has 0 aliphatic heterocycles. The third kappa shape index (κ3) is 4.30. The highest BCUT2D eigenvalue weighted by atomic mass is 15.0. The second kappa shape index (κ2) is 11.6. The lowest BCUT2D eigenvalue weighted by atomic mass is 9.83. The average Bonchev–Trinajstić information content (AvgIpc) is 3.53. The van der Waals surface area contributed by atoms with Crippen molar-refractivity contribution in [2.45, 2.75) is 0 Å². The summed E-state index contributed by atoms with van der Waals surface area (Å²) in [6.07, 6.45) is 0. The number of nitrogens with zero attached hydrogens (tertiary/aromatic N) is 1. The van der Waals surface area contributed by atoms with Gasteiger partial charge in [0.15, 0.2) is 0 Å². The Morgan fingerprint density at radius 3 is 1.36 bits per heavy atom. The zero-order valence-corrected chi connectivity index (χ0v) is 30.0. The largest absolute Gasteiger partial charge is 0.309 e. The lowest BCUT2D eigenvalue weighted by molar-refractivity contribution is 1.18. The van der Waals surface area contributed by atoms with E-state index in [1.54, 1.807) is 0 Å². The summed E-state index contributed by atoms with van der Waals surface area (Å²) in [5.74, 6) is 0. The maximum atomic E-state index is 2.42. The maximum absolute atomic E-state index is 2.42. The highest BCUT2D eigenvalue weighted by molar-refractivity contribution is 6.26. The van der Waals surface area contributed by atoms with E-state index in [0.29, 0.717) is 0 Å². The molecule has 0 radical (unpaired) electrons. The van der Waals surface area contributed by atoms with Crippen molar-refractivity contribution >= 4 is 54.1 Å². The van der Waals surface area contributed by atoms with Crippen LogP contribution in [0.1, 0.15) is 0 Å². The van der Waals surface area contributed by atoms with Gasteiger partial charge in [0.05, 0.1) is 11.0 Å². The summed E-state index contributed by atoms with van der Waals surface area (Å²) in [5, 5.41) is 10.1. The molecular weight excluding hydrogens is 663 g/mol. The summed E-state index contributed by atoms with van der Waals surface area (Å²) in [4.78, 5) is 0. The summed E-state index contributed by atoms with van der Waals surface area (Å²) in [5.41, 5.74) is 16.3. The fourth-order valence-electron chi connectivity index (χ4n) is 9.69. The molecule has 1 nitrogen and oxygen atoms in total. The topological polar surface area (TPSA) is 4.93 Å². The second-order valence-corrected chi connectivity index (χ2v) is 14.7. The second-order valence-electron chi connectivity index (χ2n) is 14.7. The van der Waals surface area contributed by atoms with Crippen LogP contribution in [0.5, 0.6) is 0 Å². The van der Waals surface area contributed by atoms with E-state index in [0.717, 1.165) is 0 Å². The Morgan fingerprint density at radius 2 is 0.709 bits per heavy atom. The predicted octanol–water partition coefficient (Wildman–Crippen LogP) is 14.9. The Balaban J connectivity index is 1.17. The molecule has 0 N–H and O–H groups in total. The number of hydrogen-bond donors (Lipinski definition) is 0. The Kier molecular flexibility index (Phi) is 6.40. The smallest absolute Gasteiger partial charge is 0.0547 e. The van der Waals surface area contributed by atoms with Crippen LogP contribution in [0.4, 0.5) is 0 Å². The van der Waals surface area contributed by atoms with E-state index >= 15 is 0 Å². The molecule has 0 saturated heterocycles. The van der Waals surface area contributed by atoms with Gasteiger partial charge in [-0.3, -0.25) is 0 Å². The van der Waals surface area contributed by atoms with Crippen LogP contribution in [0, 0.1) is 0 Å². The first-order valence-electron chi connectivity index (χ1n) is 19.1. The van der Waals surface area contributed by atoms with Crippen LogP contribution in [-0.4, -0.2) is 4.57 Å². The Bertz CT molecular complexity index is 3260. The Labute approximate surface area is 319 Å². The number of benzene rings is 10. The monoisotopic (exact) mass is 695 g/mol. The fraction of sp³-hybridized carbons (Fsp3) is 0. The molecule has 11 aromatic rings. The van der Waals surface area contributed by atoms with Crippen LogP contribution in [0.15, 0.2) is 200 Å². The summed E-state index contributed by atoms with van der Waals surface area (Å²) in [6.45, 7) is 0. The van der Waals surface area contributed by atoms with Crippen molar-refractivity contribution in [2.24, 2.45) is 0 Å². The first-order chi connectivity index (χ1) is 27.3. The average molecular weight is 696 g/mol. The van der Waals surface area contributed by atoms with Gasteiger partial charge in [0.1, 0.15) is 0 Å². The number of rotatable bonds is 3. The predicted molar refractivity (Wildman–Crippen MR) is 234 cm³/mol. The zero-order chi connectivity index (χ0) is 36.0. The van der Waals surface area contributed by atoms with Crippen LogP contribution >= 0.6 is 0 Å². The summed E-state index contributed by atoms with van der Waals surface area (Å²) < 4.78 is 2.42. The molecule has 1 aliphatic carbocycles. The molecule has 0 fully saturated rings. The first kappa shape index (κ1) is 30.3. The molecular formula is C54H33N. The van der Waals surface area contributed by atoms with Gasteiger partial charge in [0.2, 0.25) is 0 Å². The third-order valence-electron chi connectivity index (χ3n) is 11.9. The fourth-order valence-corrected chi connectivity index (χ4v) is 9.69. The van der Waals surface area contributed by atoms with Gasteiger partial charge in [-0.15, -0.1) is 0 Å². The van der Waals surface area contributed by atoms with E-state index in [2.05, 4.69) is 205 Å². The van der Waals surface area contributed by atoms with Crippen molar-refractivity contribution in [3.05, 3.63) is 200 Å². The lowest BCUT2D eigenvalue weighted by Gasteiger charge is -2.20. The van der Waals surface area contributed by atoms with E-state index in [-0.39, 0.29) is 0 Å². The SMILES string of the molecule is c1ccc(-n2c3ccccc3c3ccc(-c4c5ccccc5c(-c5ccc6c7c(cccc57)-c5ccccc5-c5ccccc5-6)c5ccccc45)cc32)cc1. The van der Waals surface area contributed by atoms with E-state index in [9.17, 15) is 0 Å². The molecule has 0 unspecified atom stereocenters. The van der Waals surface area contributed by atoms with Crippen molar-refractivity contribution in [3.63, 3.8) is 0 Å². The van der Waals surface area contributed by atoms with Crippen LogP contribution in [0.25, 0.3) is 115 Å². The summed E-state index contributed by atoms with van der Waals surface area (Å²) in [6, 6.07) is 74.1. The number of fused-ring (bicyclic) bond motifs is 10. The van der Waals surface area contributed by atoms with Crippen LogP contribution in [0.3, 0.4) is 0 Å². The maximum Gasteiger partial charge on any atom is 0.0547 e. The summed E-state index contributed by atoms with van der Waals surface area (Å²) >= 11 is 0. The van der Waals surface area contributed by atoms with Gasteiger partial charge in [-0.1, -0.05) is 176 Å². The van der Waals surface area contributed by atoms with Gasteiger partial charge in [-0.2, -0.15) is 0 Å². The van der Waals surface area contributed by atoms with Crippen molar-refractivity contribution in [2.75, 3.05) is 0 Å². The van der Waals surface area contributed by atoms with Crippen molar-refractivity contribution in [3.8, 4) is 61.3 Å². The van der Waals surface area contributed by atoms with E-state index in [1.807, 2.05) is 0 Å². The van der Waals surface area contributed by atoms with Crippen molar-refractivity contribution in [1.82, 2.24) is 4.57 Å². The molecule has 0 bridgehead atoms. The van der Waals surface area contributed by atoms with Gasteiger partial charge in [0.25, 0.3) is 0 Å². The molecule has 1 heteroatoms. The quantitative estimate of drug-likeness (QED) is 0.162. The molecule has 0 atom stereocenters. The molecule has 55 heavy (non-hydrogen) atoms. The van der Waals surface area contributed by atoms with Gasteiger partial charge in [0, 0.05) is 16.5 Å². The molecule has 0 amide bonds. The number of hydrogen-bond acceptors (Lipinski definition) is 0.